The highest BCUT2D eigenvalue weighted by Crippen LogP contribution is 2.21. The van der Waals surface area contributed by atoms with E-state index >= 15 is 0 Å². The van der Waals surface area contributed by atoms with E-state index in [9.17, 15) is 4.79 Å². The molecule has 5 heteroatoms. The maximum absolute atomic E-state index is 12.1. The molecule has 0 amide bonds. The van der Waals surface area contributed by atoms with Crippen LogP contribution in [0.3, 0.4) is 0 Å². The summed E-state index contributed by atoms with van der Waals surface area (Å²) in [6.07, 6.45) is 3.39. The normalized spacial score (nSPS) is 14.1. The first-order chi connectivity index (χ1) is 9.58. The van der Waals surface area contributed by atoms with Gasteiger partial charge in [0, 0.05) is 31.0 Å². The predicted octanol–water partition coefficient (Wildman–Crippen LogP) is 1.40. The van der Waals surface area contributed by atoms with Crippen molar-refractivity contribution >= 4 is 5.97 Å². The van der Waals surface area contributed by atoms with Crippen LogP contribution in [-0.4, -0.2) is 49.1 Å². The summed E-state index contributed by atoms with van der Waals surface area (Å²) in [6.45, 7) is 9.69. The van der Waals surface area contributed by atoms with Crippen molar-refractivity contribution < 1.29 is 9.53 Å². The quantitative estimate of drug-likeness (QED) is 0.729. The van der Waals surface area contributed by atoms with Crippen LogP contribution < -0.4 is 5.32 Å². The second kappa shape index (κ2) is 7.97. The van der Waals surface area contributed by atoms with Crippen LogP contribution in [0.5, 0.6) is 0 Å². The van der Waals surface area contributed by atoms with E-state index in [-0.39, 0.29) is 5.97 Å². The Morgan fingerprint density at radius 2 is 2.15 bits per heavy atom. The highest BCUT2D eigenvalue weighted by molar-refractivity contribution is 5.81. The number of nitrogens with zero attached hydrogens (tertiary/aromatic N) is 2. The Hall–Kier alpha value is -1.46. The van der Waals surface area contributed by atoms with Crippen molar-refractivity contribution in [3.05, 3.63) is 30.1 Å². The smallest absolute Gasteiger partial charge is 0.330 e. The molecular weight excluding hydrogens is 254 g/mol. The molecule has 1 heterocycles. The SMILES string of the molecule is CCN(CC)CCNC(C)(C(=O)OC)c1cccnc1. The van der Waals surface area contributed by atoms with Gasteiger partial charge in [0.2, 0.25) is 0 Å². The van der Waals surface area contributed by atoms with Gasteiger partial charge in [0.25, 0.3) is 0 Å². The second-order valence-electron chi connectivity index (χ2n) is 4.81. The number of nitrogens with one attached hydrogen (secondary N) is 1. The fraction of sp³-hybridized carbons (Fsp3) is 0.600. The Morgan fingerprint density at radius 3 is 2.65 bits per heavy atom. The standard InChI is InChI=1S/C15H25N3O2/c1-5-18(6-2)11-10-17-15(3,14(19)20-4)13-8-7-9-16-12-13/h7-9,12,17H,5-6,10-11H2,1-4H3. The molecule has 1 atom stereocenters. The minimum absolute atomic E-state index is 0.301. The zero-order chi connectivity index (χ0) is 15.0. The Bertz CT molecular complexity index is 407. The van der Waals surface area contributed by atoms with Crippen molar-refractivity contribution in [1.82, 2.24) is 15.2 Å². The fourth-order valence-electron chi connectivity index (χ4n) is 2.16. The van der Waals surface area contributed by atoms with Crippen molar-refractivity contribution in [3.63, 3.8) is 0 Å². The number of hydrogen-bond donors (Lipinski definition) is 1. The van der Waals surface area contributed by atoms with Crippen molar-refractivity contribution in [2.75, 3.05) is 33.3 Å². The molecule has 0 spiro atoms. The van der Waals surface area contributed by atoms with Crippen molar-refractivity contribution in [2.24, 2.45) is 0 Å². The minimum Gasteiger partial charge on any atom is -0.467 e. The number of hydrogen-bond acceptors (Lipinski definition) is 5. The Balaban J connectivity index is 2.78. The van der Waals surface area contributed by atoms with Crippen molar-refractivity contribution in [2.45, 2.75) is 26.3 Å². The molecule has 1 unspecified atom stereocenters. The lowest BCUT2D eigenvalue weighted by Crippen LogP contribution is -2.49. The van der Waals surface area contributed by atoms with E-state index in [2.05, 4.69) is 29.0 Å². The summed E-state index contributed by atoms with van der Waals surface area (Å²) in [7, 11) is 1.41. The molecule has 0 saturated carbocycles. The average molecular weight is 279 g/mol. The third kappa shape index (κ3) is 4.02. The van der Waals surface area contributed by atoms with Crippen LogP contribution in [0.15, 0.2) is 24.5 Å². The zero-order valence-electron chi connectivity index (χ0n) is 12.8. The van der Waals surface area contributed by atoms with Gasteiger partial charge in [0.1, 0.15) is 5.54 Å². The average Bonchev–Trinajstić information content (AvgIpc) is 2.51. The first kappa shape index (κ1) is 16.6. The van der Waals surface area contributed by atoms with Gasteiger partial charge >= 0.3 is 5.97 Å². The molecule has 0 bridgehead atoms. The van der Waals surface area contributed by atoms with Crippen LogP contribution in [0.4, 0.5) is 0 Å². The van der Waals surface area contributed by atoms with Gasteiger partial charge in [-0.05, 0) is 26.1 Å². The summed E-state index contributed by atoms with van der Waals surface area (Å²) in [5, 5.41) is 3.31. The van der Waals surface area contributed by atoms with Crippen molar-refractivity contribution in [1.29, 1.82) is 0 Å². The number of aromatic nitrogens is 1. The summed E-state index contributed by atoms with van der Waals surface area (Å²) < 4.78 is 4.94. The van der Waals surface area contributed by atoms with Crippen LogP contribution >= 0.6 is 0 Å². The Kier molecular flexibility index (Phi) is 6.61. The van der Waals surface area contributed by atoms with Gasteiger partial charge in [0.15, 0.2) is 0 Å². The molecule has 5 nitrogen and oxygen atoms in total. The lowest BCUT2D eigenvalue weighted by Gasteiger charge is -2.29. The second-order valence-corrected chi connectivity index (χ2v) is 4.81. The largest absolute Gasteiger partial charge is 0.467 e. The summed E-state index contributed by atoms with van der Waals surface area (Å²) in [4.78, 5) is 18.5. The Morgan fingerprint density at radius 1 is 1.45 bits per heavy atom. The molecule has 0 aromatic carbocycles. The van der Waals surface area contributed by atoms with E-state index in [1.165, 1.54) is 7.11 Å². The van der Waals surface area contributed by atoms with Gasteiger partial charge in [-0.15, -0.1) is 0 Å². The highest BCUT2D eigenvalue weighted by atomic mass is 16.5. The number of methoxy groups -OCH3 is 1. The third-order valence-electron chi connectivity index (χ3n) is 3.63. The topological polar surface area (TPSA) is 54.5 Å². The van der Waals surface area contributed by atoms with Gasteiger partial charge in [-0.25, -0.2) is 4.79 Å². The molecule has 1 aromatic rings. The highest BCUT2D eigenvalue weighted by Gasteiger charge is 2.36. The molecule has 20 heavy (non-hydrogen) atoms. The minimum atomic E-state index is -0.865. The summed E-state index contributed by atoms with van der Waals surface area (Å²) >= 11 is 0. The third-order valence-corrected chi connectivity index (χ3v) is 3.63. The number of carbonyl (C=O) groups is 1. The maximum Gasteiger partial charge on any atom is 0.330 e. The molecule has 0 saturated heterocycles. The molecule has 0 aliphatic carbocycles. The van der Waals surface area contributed by atoms with Gasteiger partial charge in [-0.3, -0.25) is 10.3 Å². The molecule has 0 fully saturated rings. The van der Waals surface area contributed by atoms with Crippen LogP contribution in [0.2, 0.25) is 0 Å². The number of ether oxygens (including phenoxy) is 1. The van der Waals surface area contributed by atoms with E-state index in [4.69, 9.17) is 4.74 Å². The number of rotatable bonds is 8. The molecule has 0 aliphatic rings. The molecule has 1 rings (SSSR count). The van der Waals surface area contributed by atoms with Crippen LogP contribution in [0, 0.1) is 0 Å². The number of carbonyl (C=O) groups excluding carboxylic acids is 1. The lowest BCUT2D eigenvalue weighted by molar-refractivity contribution is -0.148. The molecule has 0 aliphatic heterocycles. The molecule has 0 radical (unpaired) electrons. The molecule has 112 valence electrons. The molecule has 1 N–H and O–H groups in total. The zero-order valence-corrected chi connectivity index (χ0v) is 12.8. The summed E-state index contributed by atoms with van der Waals surface area (Å²) in [5.41, 5.74) is -0.0534. The Labute approximate surface area is 121 Å². The van der Waals surface area contributed by atoms with Gasteiger partial charge in [-0.1, -0.05) is 19.9 Å². The van der Waals surface area contributed by atoms with Gasteiger partial charge < -0.3 is 9.64 Å². The van der Waals surface area contributed by atoms with Crippen LogP contribution in [-0.2, 0) is 15.1 Å². The van der Waals surface area contributed by atoms with Crippen molar-refractivity contribution in [3.8, 4) is 0 Å². The fourth-order valence-corrected chi connectivity index (χ4v) is 2.16. The summed E-state index contributed by atoms with van der Waals surface area (Å²) in [6, 6.07) is 3.71. The predicted molar refractivity (Wildman–Crippen MR) is 79.4 cm³/mol. The van der Waals surface area contributed by atoms with Crippen LogP contribution in [0.1, 0.15) is 26.3 Å². The number of esters is 1. The number of pyridine rings is 1. The van der Waals surface area contributed by atoms with E-state index in [0.29, 0.717) is 6.54 Å². The van der Waals surface area contributed by atoms with E-state index in [1.807, 2.05) is 19.1 Å². The van der Waals surface area contributed by atoms with Gasteiger partial charge in [0.05, 0.1) is 7.11 Å². The number of likely N-dealkylation sites (N-methyl/N-ethyl adjacent to an activating group) is 1. The van der Waals surface area contributed by atoms with Gasteiger partial charge in [-0.2, -0.15) is 0 Å². The summed E-state index contributed by atoms with van der Waals surface area (Å²) in [5.74, 6) is -0.301. The lowest BCUT2D eigenvalue weighted by atomic mass is 9.93. The first-order valence-electron chi connectivity index (χ1n) is 7.04. The van der Waals surface area contributed by atoms with Crippen LogP contribution in [0.25, 0.3) is 0 Å². The monoisotopic (exact) mass is 279 g/mol. The molecular formula is C15H25N3O2. The maximum atomic E-state index is 12.1. The first-order valence-corrected chi connectivity index (χ1v) is 7.04. The molecule has 1 aromatic heterocycles. The van der Waals surface area contributed by atoms with E-state index < -0.39 is 5.54 Å². The van der Waals surface area contributed by atoms with E-state index in [1.54, 1.807) is 12.4 Å². The van der Waals surface area contributed by atoms with E-state index in [0.717, 1.165) is 25.2 Å².